The molecule has 4 aromatic rings. The molecule has 0 saturated carbocycles. The number of amides is 1. The van der Waals surface area contributed by atoms with Gasteiger partial charge in [0.2, 0.25) is 0 Å². The van der Waals surface area contributed by atoms with E-state index in [4.69, 9.17) is 9.15 Å². The molecule has 0 aliphatic rings. The van der Waals surface area contributed by atoms with Crippen LogP contribution in [0.15, 0.2) is 76.7 Å². The van der Waals surface area contributed by atoms with Crippen LogP contribution in [0, 0.1) is 0 Å². The van der Waals surface area contributed by atoms with Crippen LogP contribution >= 0.6 is 11.3 Å². The molecule has 2 aromatic heterocycles. The third-order valence-electron chi connectivity index (χ3n) is 4.54. The number of aromatic nitrogens is 1. The van der Waals surface area contributed by atoms with E-state index in [1.807, 2.05) is 0 Å². The van der Waals surface area contributed by atoms with Gasteiger partial charge in [-0.15, -0.1) is 11.3 Å². The van der Waals surface area contributed by atoms with E-state index < -0.39 is 11.7 Å². The van der Waals surface area contributed by atoms with Crippen LogP contribution in [0.5, 0.6) is 5.75 Å². The zero-order valence-corrected chi connectivity index (χ0v) is 17.4. The Kier molecular flexibility index (Phi) is 6.27. The first kappa shape index (κ1) is 21.6. The summed E-state index contributed by atoms with van der Waals surface area (Å²) in [6.07, 6.45) is -2.92. The smallest absolute Gasteiger partial charge is 0.416 e. The fraction of sp³-hybridized carbons (Fsp3) is 0.130. The van der Waals surface area contributed by atoms with Gasteiger partial charge >= 0.3 is 6.18 Å². The van der Waals surface area contributed by atoms with Gasteiger partial charge in [0.15, 0.2) is 0 Å². The highest BCUT2D eigenvalue weighted by Crippen LogP contribution is 2.33. The van der Waals surface area contributed by atoms with Crippen LogP contribution in [0.4, 0.5) is 13.2 Å². The lowest BCUT2D eigenvalue weighted by atomic mass is 10.1. The monoisotopic (exact) mass is 458 g/mol. The van der Waals surface area contributed by atoms with Crippen molar-refractivity contribution in [3.63, 3.8) is 0 Å². The molecule has 0 radical (unpaired) electrons. The van der Waals surface area contributed by atoms with Gasteiger partial charge in [0.1, 0.15) is 28.8 Å². The van der Waals surface area contributed by atoms with E-state index in [0.29, 0.717) is 22.1 Å². The number of hydrogen-bond donors (Lipinski definition) is 1. The molecule has 0 bridgehead atoms. The molecule has 9 heteroatoms. The molecule has 0 fully saturated rings. The minimum Gasteiger partial charge on any atom is -0.489 e. The fourth-order valence-electron chi connectivity index (χ4n) is 2.98. The molecule has 0 aliphatic heterocycles. The number of halogens is 3. The van der Waals surface area contributed by atoms with Gasteiger partial charge in [-0.05, 0) is 30.3 Å². The normalized spacial score (nSPS) is 11.3. The summed E-state index contributed by atoms with van der Waals surface area (Å²) in [5.74, 6) is 0.698. The van der Waals surface area contributed by atoms with E-state index in [-0.39, 0.29) is 30.3 Å². The summed E-state index contributed by atoms with van der Waals surface area (Å²) >= 11 is 1.28. The standard InChI is InChI=1S/C23H17F3N2O3S/c24-23(25,26)19-9-2-1-5-16(19)13-31-17-7-3-6-15(11-17)22-28-20(14-32-22)21(29)27-12-18-8-4-10-30-18/h1-11,14H,12-13H2,(H,27,29). The second-order valence-corrected chi connectivity index (χ2v) is 7.63. The molecule has 164 valence electrons. The van der Waals surface area contributed by atoms with Gasteiger partial charge in [-0.1, -0.05) is 30.3 Å². The maximum Gasteiger partial charge on any atom is 0.416 e. The predicted octanol–water partition coefficient (Wildman–Crippen LogP) is 5.93. The molecular formula is C23H17F3N2O3S. The zero-order valence-electron chi connectivity index (χ0n) is 16.6. The Labute approximate surface area is 185 Å². The molecule has 2 heterocycles. The molecule has 4 rings (SSSR count). The van der Waals surface area contributed by atoms with Gasteiger partial charge in [0, 0.05) is 16.5 Å². The third kappa shape index (κ3) is 5.17. The molecular weight excluding hydrogens is 441 g/mol. The molecule has 5 nitrogen and oxygen atoms in total. The van der Waals surface area contributed by atoms with Gasteiger partial charge in [-0.2, -0.15) is 13.2 Å². The number of ether oxygens (including phenoxy) is 1. The van der Waals surface area contributed by atoms with Gasteiger partial charge < -0.3 is 14.5 Å². The van der Waals surface area contributed by atoms with Crippen molar-refractivity contribution in [3.05, 3.63) is 94.9 Å². The van der Waals surface area contributed by atoms with Crippen molar-refractivity contribution in [1.29, 1.82) is 0 Å². The first-order chi connectivity index (χ1) is 15.4. The summed E-state index contributed by atoms with van der Waals surface area (Å²) in [4.78, 5) is 16.7. The summed E-state index contributed by atoms with van der Waals surface area (Å²) in [6, 6.07) is 15.6. The predicted molar refractivity (Wildman–Crippen MR) is 113 cm³/mol. The highest BCUT2D eigenvalue weighted by atomic mass is 32.1. The SMILES string of the molecule is O=C(NCc1ccco1)c1csc(-c2cccc(OCc3ccccc3C(F)(F)F)c2)n1. The number of alkyl halides is 3. The van der Waals surface area contributed by atoms with Crippen molar-refractivity contribution in [2.45, 2.75) is 19.3 Å². The number of nitrogens with one attached hydrogen (secondary N) is 1. The van der Waals surface area contributed by atoms with Crippen LogP contribution in [0.25, 0.3) is 10.6 Å². The number of carbonyl (C=O) groups excluding carboxylic acids is 1. The van der Waals surface area contributed by atoms with E-state index in [1.54, 1.807) is 47.8 Å². The van der Waals surface area contributed by atoms with Crippen LogP contribution in [-0.2, 0) is 19.3 Å². The minimum absolute atomic E-state index is 0.0511. The Morgan fingerprint density at radius 2 is 1.94 bits per heavy atom. The van der Waals surface area contributed by atoms with Crippen molar-refractivity contribution < 1.29 is 27.1 Å². The average Bonchev–Trinajstić information content (AvgIpc) is 3.48. The van der Waals surface area contributed by atoms with E-state index in [2.05, 4.69) is 10.3 Å². The summed E-state index contributed by atoms with van der Waals surface area (Å²) in [7, 11) is 0. The van der Waals surface area contributed by atoms with Crippen molar-refractivity contribution in [2.75, 3.05) is 0 Å². The van der Waals surface area contributed by atoms with Gasteiger partial charge in [-0.25, -0.2) is 4.98 Å². The summed E-state index contributed by atoms with van der Waals surface area (Å²) in [5, 5.41) is 4.96. The maximum absolute atomic E-state index is 13.2. The molecule has 1 amide bonds. The Hall–Kier alpha value is -3.59. The van der Waals surface area contributed by atoms with Crippen molar-refractivity contribution in [3.8, 4) is 16.3 Å². The van der Waals surface area contributed by atoms with Crippen molar-refractivity contribution in [2.24, 2.45) is 0 Å². The fourth-order valence-corrected chi connectivity index (χ4v) is 3.78. The number of hydrogen-bond acceptors (Lipinski definition) is 5. The number of carbonyl (C=O) groups is 1. The number of thiazole rings is 1. The molecule has 0 unspecified atom stereocenters. The van der Waals surface area contributed by atoms with Gasteiger partial charge in [-0.3, -0.25) is 4.79 Å². The van der Waals surface area contributed by atoms with Crippen LogP contribution < -0.4 is 10.1 Å². The van der Waals surface area contributed by atoms with Crippen LogP contribution in [0.3, 0.4) is 0 Å². The number of rotatable bonds is 7. The first-order valence-corrected chi connectivity index (χ1v) is 10.4. The third-order valence-corrected chi connectivity index (χ3v) is 5.43. The second kappa shape index (κ2) is 9.27. The van der Waals surface area contributed by atoms with E-state index >= 15 is 0 Å². The average molecular weight is 458 g/mol. The van der Waals surface area contributed by atoms with E-state index in [0.717, 1.165) is 6.07 Å². The zero-order chi connectivity index (χ0) is 22.6. The second-order valence-electron chi connectivity index (χ2n) is 6.77. The largest absolute Gasteiger partial charge is 0.489 e. The van der Waals surface area contributed by atoms with Crippen LogP contribution in [0.1, 0.15) is 27.4 Å². The van der Waals surface area contributed by atoms with Gasteiger partial charge in [0.25, 0.3) is 5.91 Å². The highest BCUT2D eigenvalue weighted by Gasteiger charge is 2.33. The van der Waals surface area contributed by atoms with E-state index in [1.165, 1.54) is 29.7 Å². The summed E-state index contributed by atoms with van der Waals surface area (Å²) in [6.45, 7) is 0.0266. The Morgan fingerprint density at radius 1 is 1.09 bits per heavy atom. The summed E-state index contributed by atoms with van der Waals surface area (Å²) in [5.41, 5.74) is 0.292. The lowest BCUT2D eigenvalue weighted by Gasteiger charge is -2.13. The lowest BCUT2D eigenvalue weighted by molar-refractivity contribution is -0.138. The molecule has 0 aliphatic carbocycles. The van der Waals surface area contributed by atoms with Gasteiger partial charge in [0.05, 0.1) is 18.4 Å². The molecule has 0 saturated heterocycles. The molecule has 1 N–H and O–H groups in total. The molecule has 32 heavy (non-hydrogen) atoms. The van der Waals surface area contributed by atoms with E-state index in [9.17, 15) is 18.0 Å². The molecule has 0 atom stereocenters. The Morgan fingerprint density at radius 3 is 2.72 bits per heavy atom. The van der Waals surface area contributed by atoms with Crippen molar-refractivity contribution in [1.82, 2.24) is 10.3 Å². The Balaban J connectivity index is 1.43. The molecule has 0 spiro atoms. The quantitative estimate of drug-likeness (QED) is 0.373. The van der Waals surface area contributed by atoms with Crippen molar-refractivity contribution >= 4 is 17.2 Å². The Bertz CT molecular complexity index is 1200. The minimum atomic E-state index is -4.45. The first-order valence-electron chi connectivity index (χ1n) is 9.54. The summed E-state index contributed by atoms with van der Waals surface area (Å²) < 4.78 is 50.3. The lowest BCUT2D eigenvalue weighted by Crippen LogP contribution is -2.22. The number of benzene rings is 2. The number of nitrogens with zero attached hydrogens (tertiary/aromatic N) is 1. The van der Waals surface area contributed by atoms with Crippen LogP contribution in [-0.4, -0.2) is 10.9 Å². The van der Waals surface area contributed by atoms with Crippen LogP contribution in [0.2, 0.25) is 0 Å². The maximum atomic E-state index is 13.2. The highest BCUT2D eigenvalue weighted by molar-refractivity contribution is 7.13. The number of furan rings is 1. The molecule has 2 aromatic carbocycles. The topological polar surface area (TPSA) is 64.4 Å².